The van der Waals surface area contributed by atoms with Crippen LogP contribution in [0.1, 0.15) is 30.9 Å². The summed E-state index contributed by atoms with van der Waals surface area (Å²) in [5.74, 6) is -1.96. The first-order valence-corrected chi connectivity index (χ1v) is 6.00. The molecule has 0 saturated carbocycles. The lowest BCUT2D eigenvalue weighted by Gasteiger charge is -2.25. The van der Waals surface area contributed by atoms with Crippen LogP contribution in [0.5, 0.6) is 5.75 Å². The van der Waals surface area contributed by atoms with Crippen molar-refractivity contribution in [3.05, 3.63) is 27.7 Å². The number of phenols is 1. The van der Waals surface area contributed by atoms with E-state index < -0.39 is 17.4 Å². The highest BCUT2D eigenvalue weighted by Gasteiger charge is 2.25. The molecule has 5 heteroatoms. The summed E-state index contributed by atoms with van der Waals surface area (Å²) >= 11 is 2.94. The van der Waals surface area contributed by atoms with Gasteiger partial charge in [-0.3, -0.25) is 0 Å². The Morgan fingerprint density at radius 2 is 2.12 bits per heavy atom. The van der Waals surface area contributed by atoms with E-state index in [4.69, 9.17) is 0 Å². The molecule has 2 N–H and O–H groups in total. The number of nitrogens with one attached hydrogen (secondary N) is 1. The van der Waals surface area contributed by atoms with Crippen molar-refractivity contribution >= 4 is 15.9 Å². The number of piperidine rings is 1. The maximum absolute atomic E-state index is 13.8. The Kier molecular flexibility index (Phi) is 3.44. The largest absolute Gasteiger partial charge is 0.505 e. The van der Waals surface area contributed by atoms with Crippen molar-refractivity contribution in [2.75, 3.05) is 6.54 Å². The smallest absolute Gasteiger partial charge is 0.166 e. The summed E-state index contributed by atoms with van der Waals surface area (Å²) < 4.78 is 27.2. The van der Waals surface area contributed by atoms with Gasteiger partial charge in [0.05, 0.1) is 10.0 Å². The first-order chi connectivity index (χ1) is 7.61. The molecule has 1 aliphatic rings. The molecule has 2 rings (SSSR count). The number of hydrogen-bond donors (Lipinski definition) is 2. The van der Waals surface area contributed by atoms with Crippen LogP contribution in [0.2, 0.25) is 0 Å². The molecule has 0 radical (unpaired) electrons. The summed E-state index contributed by atoms with van der Waals surface area (Å²) in [6.45, 7) is 0.762. The van der Waals surface area contributed by atoms with Crippen LogP contribution in [0.3, 0.4) is 0 Å². The molecule has 1 fully saturated rings. The van der Waals surface area contributed by atoms with Crippen molar-refractivity contribution < 1.29 is 13.9 Å². The molecule has 0 spiro atoms. The molecule has 16 heavy (non-hydrogen) atoms. The van der Waals surface area contributed by atoms with Crippen LogP contribution in [-0.2, 0) is 0 Å². The highest BCUT2D eigenvalue weighted by molar-refractivity contribution is 9.10. The van der Waals surface area contributed by atoms with Crippen LogP contribution in [0, 0.1) is 11.6 Å². The fourth-order valence-corrected chi connectivity index (χ4v) is 2.44. The molecule has 0 amide bonds. The van der Waals surface area contributed by atoms with E-state index >= 15 is 0 Å². The fourth-order valence-electron chi connectivity index (χ4n) is 2.02. The fraction of sp³-hybridized carbons (Fsp3) is 0.455. The third-order valence-corrected chi connectivity index (χ3v) is 3.42. The molecule has 1 atom stereocenters. The van der Waals surface area contributed by atoms with Crippen LogP contribution in [0.4, 0.5) is 8.78 Å². The third-order valence-electron chi connectivity index (χ3n) is 2.84. The molecular formula is C11H12BrF2NO. The molecule has 1 aliphatic heterocycles. The van der Waals surface area contributed by atoms with E-state index in [1.807, 2.05) is 0 Å². The van der Waals surface area contributed by atoms with Gasteiger partial charge in [0.2, 0.25) is 0 Å². The Balaban J connectivity index is 2.45. The van der Waals surface area contributed by atoms with Gasteiger partial charge in [-0.25, -0.2) is 8.78 Å². The average Bonchev–Trinajstić information content (AvgIpc) is 2.28. The minimum Gasteiger partial charge on any atom is -0.505 e. The molecule has 1 aromatic rings. The Hall–Kier alpha value is -0.680. The highest BCUT2D eigenvalue weighted by atomic mass is 79.9. The SMILES string of the molecule is Oc1c(F)cc(Br)c(F)c1C1CCCCN1. The summed E-state index contributed by atoms with van der Waals surface area (Å²) in [5.41, 5.74) is 0.0339. The van der Waals surface area contributed by atoms with Crippen molar-refractivity contribution in [1.82, 2.24) is 5.32 Å². The van der Waals surface area contributed by atoms with Crippen molar-refractivity contribution in [3.8, 4) is 5.75 Å². The summed E-state index contributed by atoms with van der Waals surface area (Å²) in [5, 5.41) is 12.7. The Bertz CT molecular complexity index is 379. The van der Waals surface area contributed by atoms with E-state index in [1.165, 1.54) is 0 Å². The van der Waals surface area contributed by atoms with Gasteiger partial charge in [-0.2, -0.15) is 0 Å². The molecule has 1 aromatic carbocycles. The number of rotatable bonds is 1. The van der Waals surface area contributed by atoms with Gasteiger partial charge in [-0.05, 0) is 41.4 Å². The number of phenolic OH excluding ortho intramolecular Hbond substituents is 1. The van der Waals surface area contributed by atoms with Gasteiger partial charge in [0, 0.05) is 6.04 Å². The molecule has 0 bridgehead atoms. The molecule has 1 saturated heterocycles. The van der Waals surface area contributed by atoms with Crippen molar-refractivity contribution in [2.24, 2.45) is 0 Å². The third kappa shape index (κ3) is 2.06. The zero-order chi connectivity index (χ0) is 11.7. The van der Waals surface area contributed by atoms with Crippen LogP contribution in [0.15, 0.2) is 10.5 Å². The number of benzene rings is 1. The lowest BCUT2D eigenvalue weighted by atomic mass is 9.96. The number of halogens is 3. The quantitative estimate of drug-likeness (QED) is 0.779. The molecule has 0 aromatic heterocycles. The monoisotopic (exact) mass is 291 g/mol. The van der Waals surface area contributed by atoms with E-state index in [9.17, 15) is 13.9 Å². The number of hydrogen-bond acceptors (Lipinski definition) is 2. The van der Waals surface area contributed by atoms with Gasteiger partial charge in [0.15, 0.2) is 11.6 Å². The second-order valence-electron chi connectivity index (χ2n) is 3.92. The Morgan fingerprint density at radius 3 is 2.75 bits per heavy atom. The maximum atomic E-state index is 13.8. The van der Waals surface area contributed by atoms with E-state index in [1.54, 1.807) is 0 Å². The summed E-state index contributed by atoms with van der Waals surface area (Å²) in [6, 6.07) is 0.637. The minimum atomic E-state index is -0.796. The van der Waals surface area contributed by atoms with Gasteiger partial charge < -0.3 is 10.4 Å². The predicted octanol–water partition coefficient (Wildman–Crippen LogP) is 3.25. The standard InChI is InChI=1S/C11H12BrF2NO/c12-6-5-7(13)11(16)9(10(6)14)8-3-1-2-4-15-8/h5,8,15-16H,1-4H2. The van der Waals surface area contributed by atoms with Gasteiger partial charge in [-0.15, -0.1) is 0 Å². The van der Waals surface area contributed by atoms with Crippen LogP contribution in [-0.4, -0.2) is 11.7 Å². The lowest BCUT2D eigenvalue weighted by molar-refractivity contribution is 0.363. The van der Waals surface area contributed by atoms with Crippen LogP contribution >= 0.6 is 15.9 Å². The van der Waals surface area contributed by atoms with Crippen LogP contribution in [0.25, 0.3) is 0 Å². The first-order valence-electron chi connectivity index (χ1n) is 5.21. The van der Waals surface area contributed by atoms with E-state index in [-0.39, 0.29) is 16.1 Å². The van der Waals surface area contributed by atoms with Gasteiger partial charge in [0.25, 0.3) is 0 Å². The van der Waals surface area contributed by atoms with Gasteiger partial charge in [0.1, 0.15) is 5.82 Å². The number of aromatic hydroxyl groups is 1. The lowest BCUT2D eigenvalue weighted by Crippen LogP contribution is -2.27. The summed E-state index contributed by atoms with van der Waals surface area (Å²) in [7, 11) is 0. The zero-order valence-electron chi connectivity index (χ0n) is 8.56. The Labute approximate surface area is 101 Å². The molecule has 2 nitrogen and oxygen atoms in total. The van der Waals surface area contributed by atoms with Crippen LogP contribution < -0.4 is 5.32 Å². The maximum Gasteiger partial charge on any atom is 0.166 e. The van der Waals surface area contributed by atoms with E-state index in [0.29, 0.717) is 6.42 Å². The van der Waals surface area contributed by atoms with E-state index in [2.05, 4.69) is 21.2 Å². The molecule has 0 aliphatic carbocycles. The van der Waals surface area contributed by atoms with Crippen molar-refractivity contribution in [1.29, 1.82) is 0 Å². The first kappa shape index (κ1) is 11.8. The average molecular weight is 292 g/mol. The molecular weight excluding hydrogens is 280 g/mol. The minimum absolute atomic E-state index is 0.0339. The Morgan fingerprint density at radius 1 is 1.38 bits per heavy atom. The highest BCUT2D eigenvalue weighted by Crippen LogP contribution is 2.37. The molecule has 1 heterocycles. The second-order valence-corrected chi connectivity index (χ2v) is 4.77. The van der Waals surface area contributed by atoms with Gasteiger partial charge >= 0.3 is 0 Å². The predicted molar refractivity (Wildman–Crippen MR) is 60.3 cm³/mol. The summed E-state index contributed by atoms with van der Waals surface area (Å²) in [6.07, 6.45) is 2.68. The molecule has 1 unspecified atom stereocenters. The zero-order valence-corrected chi connectivity index (χ0v) is 10.2. The second kappa shape index (κ2) is 4.67. The molecule has 88 valence electrons. The topological polar surface area (TPSA) is 32.3 Å². The normalized spacial score (nSPS) is 21.1. The van der Waals surface area contributed by atoms with E-state index in [0.717, 1.165) is 25.5 Å². The van der Waals surface area contributed by atoms with Gasteiger partial charge in [-0.1, -0.05) is 6.42 Å². The van der Waals surface area contributed by atoms with Crippen molar-refractivity contribution in [3.63, 3.8) is 0 Å². The summed E-state index contributed by atoms with van der Waals surface area (Å²) in [4.78, 5) is 0. The van der Waals surface area contributed by atoms with Crippen molar-refractivity contribution in [2.45, 2.75) is 25.3 Å².